The summed E-state index contributed by atoms with van der Waals surface area (Å²) in [4.78, 5) is 11.0. The Labute approximate surface area is 151 Å². The normalized spacial score (nSPS) is 28.3. The van der Waals surface area contributed by atoms with Gasteiger partial charge in [0, 0.05) is 5.56 Å². The molecule has 0 bridgehead atoms. The van der Waals surface area contributed by atoms with Crippen molar-refractivity contribution in [3.8, 4) is 11.3 Å². The number of rotatable bonds is 5. The van der Waals surface area contributed by atoms with Crippen LogP contribution >= 0.6 is 0 Å². The van der Waals surface area contributed by atoms with Gasteiger partial charge in [-0.3, -0.25) is 4.79 Å². The Balaban J connectivity index is 1.92. The van der Waals surface area contributed by atoms with Crippen molar-refractivity contribution in [3.05, 3.63) is 36.0 Å². The number of aliphatic hydroxyl groups is 3. The fourth-order valence-electron chi connectivity index (χ4n) is 3.04. The molecule has 0 spiro atoms. The Morgan fingerprint density at radius 1 is 1.19 bits per heavy atom. The van der Waals surface area contributed by atoms with E-state index in [4.69, 9.17) is 9.84 Å². The van der Waals surface area contributed by atoms with Crippen LogP contribution in [0.1, 0.15) is 12.5 Å². The van der Waals surface area contributed by atoms with Crippen molar-refractivity contribution in [2.75, 3.05) is 6.61 Å². The van der Waals surface area contributed by atoms with Crippen LogP contribution in [0.4, 0.5) is 8.78 Å². The molecule has 1 aliphatic heterocycles. The number of aromatic nitrogens is 3. The summed E-state index contributed by atoms with van der Waals surface area (Å²) < 4.78 is 32.8. The van der Waals surface area contributed by atoms with E-state index in [1.165, 1.54) is 12.3 Å². The molecule has 0 aliphatic carbocycles. The summed E-state index contributed by atoms with van der Waals surface area (Å²) in [6.07, 6.45) is -4.46. The van der Waals surface area contributed by atoms with Crippen molar-refractivity contribution < 1.29 is 38.7 Å². The highest BCUT2D eigenvalue weighted by atomic mass is 19.2. The summed E-state index contributed by atoms with van der Waals surface area (Å²) in [6, 6.07) is 1.97. The number of aliphatic hydroxyl groups excluding tert-OH is 3. The predicted molar refractivity (Wildman–Crippen MR) is 84.4 cm³/mol. The zero-order valence-corrected chi connectivity index (χ0v) is 13.8. The second-order valence-corrected chi connectivity index (χ2v) is 6.18. The lowest BCUT2D eigenvalue weighted by atomic mass is 9.91. The van der Waals surface area contributed by atoms with E-state index in [2.05, 4.69) is 10.3 Å². The molecule has 1 fully saturated rings. The van der Waals surface area contributed by atoms with Crippen molar-refractivity contribution in [2.45, 2.75) is 36.9 Å². The second-order valence-electron chi connectivity index (χ2n) is 6.18. The molecule has 0 saturated carbocycles. The van der Waals surface area contributed by atoms with Gasteiger partial charge in [0.25, 0.3) is 0 Å². The Hall–Kier alpha value is -2.47. The Kier molecular flexibility index (Phi) is 5.46. The molecular formula is C16H17F2N3O6. The van der Waals surface area contributed by atoms with Crippen molar-refractivity contribution in [1.29, 1.82) is 0 Å². The van der Waals surface area contributed by atoms with Crippen LogP contribution in [0.15, 0.2) is 24.4 Å². The SMILES string of the molecule is O=C(O)CC1OC(CO)C(O)C(n2cc(-c3ccc(F)c(F)c3)nn2)C1O. The number of nitrogens with zero attached hydrogens (tertiary/aromatic N) is 3. The van der Waals surface area contributed by atoms with E-state index in [0.29, 0.717) is 0 Å². The third-order valence-electron chi connectivity index (χ3n) is 4.40. The van der Waals surface area contributed by atoms with Gasteiger partial charge in [-0.15, -0.1) is 5.10 Å². The van der Waals surface area contributed by atoms with E-state index in [9.17, 15) is 28.9 Å². The lowest BCUT2D eigenvalue weighted by molar-refractivity contribution is -0.209. The molecule has 1 aromatic carbocycles. The minimum absolute atomic E-state index is 0.148. The molecule has 9 nitrogen and oxygen atoms in total. The molecule has 1 saturated heterocycles. The molecule has 1 aromatic heterocycles. The van der Waals surface area contributed by atoms with Crippen LogP contribution < -0.4 is 0 Å². The number of hydrogen-bond acceptors (Lipinski definition) is 7. The predicted octanol–water partition coefficient (Wildman–Crippen LogP) is -0.279. The van der Waals surface area contributed by atoms with Gasteiger partial charge in [-0.05, 0) is 18.2 Å². The lowest BCUT2D eigenvalue weighted by Gasteiger charge is -2.41. The van der Waals surface area contributed by atoms with Gasteiger partial charge >= 0.3 is 5.97 Å². The Morgan fingerprint density at radius 3 is 2.52 bits per heavy atom. The van der Waals surface area contributed by atoms with Crippen LogP contribution in [-0.4, -0.2) is 72.4 Å². The molecule has 2 aromatic rings. The standard InChI is InChI=1S/C16H17F2N3O6/c17-8-2-1-7(3-9(8)18)10-5-21(20-19-10)14-15(25)11(4-13(23)24)27-12(6-22)16(14)26/h1-3,5,11-12,14-16,22,25-26H,4,6H2,(H,23,24). The number of hydrogen-bond donors (Lipinski definition) is 4. The van der Waals surface area contributed by atoms with Gasteiger partial charge in [-0.2, -0.15) is 0 Å². The van der Waals surface area contributed by atoms with E-state index in [1.54, 1.807) is 0 Å². The summed E-state index contributed by atoms with van der Waals surface area (Å²) >= 11 is 0. The van der Waals surface area contributed by atoms with Crippen LogP contribution in [0.5, 0.6) is 0 Å². The number of ether oxygens (including phenoxy) is 1. The largest absolute Gasteiger partial charge is 0.481 e. The number of aliphatic carboxylic acids is 1. The average molecular weight is 385 g/mol. The maximum absolute atomic E-state index is 13.4. The zero-order valence-electron chi connectivity index (χ0n) is 13.8. The second kappa shape index (κ2) is 7.64. The minimum atomic E-state index is -1.46. The van der Waals surface area contributed by atoms with Crippen LogP contribution in [-0.2, 0) is 9.53 Å². The average Bonchev–Trinajstić information content (AvgIpc) is 3.09. The molecule has 1 aliphatic rings. The zero-order chi connectivity index (χ0) is 19.7. The molecule has 4 N–H and O–H groups in total. The van der Waals surface area contributed by atoms with Gasteiger partial charge in [0.05, 0.1) is 25.3 Å². The van der Waals surface area contributed by atoms with Gasteiger partial charge < -0.3 is 25.2 Å². The molecule has 5 unspecified atom stereocenters. The third-order valence-corrected chi connectivity index (χ3v) is 4.40. The smallest absolute Gasteiger partial charge is 0.306 e. The van der Waals surface area contributed by atoms with Gasteiger partial charge in [0.2, 0.25) is 0 Å². The molecule has 0 radical (unpaired) electrons. The van der Waals surface area contributed by atoms with E-state index < -0.39 is 61.1 Å². The molecule has 0 amide bonds. The highest BCUT2D eigenvalue weighted by molar-refractivity contribution is 5.67. The summed E-state index contributed by atoms with van der Waals surface area (Å²) in [5.74, 6) is -3.33. The van der Waals surface area contributed by atoms with Gasteiger partial charge in [-0.25, -0.2) is 13.5 Å². The minimum Gasteiger partial charge on any atom is -0.481 e. The Morgan fingerprint density at radius 2 is 1.89 bits per heavy atom. The maximum Gasteiger partial charge on any atom is 0.306 e. The molecule has 3 rings (SSSR count). The van der Waals surface area contributed by atoms with E-state index >= 15 is 0 Å². The van der Waals surface area contributed by atoms with E-state index in [-0.39, 0.29) is 11.3 Å². The first-order valence-electron chi connectivity index (χ1n) is 8.03. The summed E-state index contributed by atoms with van der Waals surface area (Å²) in [6.45, 7) is -0.606. The highest BCUT2D eigenvalue weighted by Gasteiger charge is 2.46. The number of carboxylic acid groups (broad SMARTS) is 1. The lowest BCUT2D eigenvalue weighted by Crippen LogP contribution is -2.56. The van der Waals surface area contributed by atoms with Crippen molar-refractivity contribution in [3.63, 3.8) is 0 Å². The summed E-state index contributed by atoms with van der Waals surface area (Å²) in [7, 11) is 0. The van der Waals surface area contributed by atoms with Crippen molar-refractivity contribution in [1.82, 2.24) is 15.0 Å². The van der Waals surface area contributed by atoms with Crippen LogP contribution in [0, 0.1) is 11.6 Å². The quantitative estimate of drug-likeness (QED) is 0.551. The molecule has 5 atom stereocenters. The van der Waals surface area contributed by atoms with Crippen LogP contribution in [0.25, 0.3) is 11.3 Å². The number of carbonyl (C=O) groups is 1. The number of benzene rings is 1. The first kappa shape index (κ1) is 19.3. The molecule has 146 valence electrons. The van der Waals surface area contributed by atoms with Gasteiger partial charge in [-0.1, -0.05) is 5.21 Å². The van der Waals surface area contributed by atoms with E-state index in [1.807, 2.05) is 0 Å². The molecule has 2 heterocycles. The fraction of sp³-hybridized carbons (Fsp3) is 0.438. The number of halogens is 2. The van der Waals surface area contributed by atoms with Crippen molar-refractivity contribution in [2.24, 2.45) is 0 Å². The first-order chi connectivity index (χ1) is 12.8. The van der Waals surface area contributed by atoms with E-state index in [0.717, 1.165) is 16.8 Å². The topological polar surface area (TPSA) is 138 Å². The molecule has 27 heavy (non-hydrogen) atoms. The van der Waals surface area contributed by atoms with Crippen LogP contribution in [0.2, 0.25) is 0 Å². The fourth-order valence-corrected chi connectivity index (χ4v) is 3.04. The van der Waals surface area contributed by atoms with Crippen molar-refractivity contribution >= 4 is 5.97 Å². The van der Waals surface area contributed by atoms with Crippen LogP contribution in [0.3, 0.4) is 0 Å². The summed E-state index contributed by atoms with van der Waals surface area (Å²) in [5, 5.41) is 46.8. The highest BCUT2D eigenvalue weighted by Crippen LogP contribution is 2.32. The van der Waals surface area contributed by atoms with Gasteiger partial charge in [0.15, 0.2) is 11.6 Å². The third kappa shape index (κ3) is 3.81. The summed E-state index contributed by atoms with van der Waals surface area (Å²) in [5.41, 5.74) is 0.368. The number of carboxylic acids is 1. The maximum atomic E-state index is 13.4. The van der Waals surface area contributed by atoms with Gasteiger partial charge in [0.1, 0.15) is 30.0 Å². The molecular weight excluding hydrogens is 368 g/mol. The molecule has 11 heteroatoms. The first-order valence-corrected chi connectivity index (χ1v) is 8.03. The Bertz CT molecular complexity index is 832. The monoisotopic (exact) mass is 385 g/mol.